The Morgan fingerprint density at radius 1 is 0.868 bits per heavy atom. The molecule has 1 saturated heterocycles. The van der Waals surface area contributed by atoms with Gasteiger partial charge in [0.2, 0.25) is 0 Å². The van der Waals surface area contributed by atoms with E-state index in [1.807, 2.05) is 25.3 Å². The summed E-state index contributed by atoms with van der Waals surface area (Å²) in [5.41, 5.74) is 21.7. The molecule has 1 N–H and O–H groups in total. The average molecular weight is 744 g/mol. The average Bonchev–Trinajstić information content (AvgIpc) is 3.83. The van der Waals surface area contributed by atoms with Gasteiger partial charge in [0.05, 0.1) is 36.1 Å². The molecule has 0 aliphatic carbocycles. The maximum atomic E-state index is 12.5. The minimum atomic E-state index is -3.78. The van der Waals surface area contributed by atoms with Gasteiger partial charge >= 0.3 is 0 Å². The molecule has 6 rings (SSSR count). The monoisotopic (exact) mass is 743 g/mol. The highest BCUT2D eigenvalue weighted by Gasteiger charge is 2.34. The van der Waals surface area contributed by atoms with E-state index in [2.05, 4.69) is 37.3 Å². The molecule has 53 heavy (non-hydrogen) atoms. The predicted molar refractivity (Wildman–Crippen MR) is 193 cm³/mol. The zero-order valence-electron chi connectivity index (χ0n) is 28.9. The summed E-state index contributed by atoms with van der Waals surface area (Å²) >= 11 is 0. The van der Waals surface area contributed by atoms with E-state index in [0.717, 1.165) is 23.4 Å². The van der Waals surface area contributed by atoms with Crippen LogP contribution in [0.25, 0.3) is 26.6 Å². The Morgan fingerprint density at radius 2 is 1.40 bits per heavy atom. The van der Waals surface area contributed by atoms with Crippen LogP contribution in [-0.2, 0) is 39.0 Å². The molecule has 14 nitrogen and oxygen atoms in total. The first-order chi connectivity index (χ1) is 25.6. The van der Waals surface area contributed by atoms with E-state index in [-0.39, 0.29) is 30.3 Å². The third kappa shape index (κ3) is 11.9. The lowest BCUT2D eigenvalue weighted by molar-refractivity contribution is -0.000690. The van der Waals surface area contributed by atoms with Crippen LogP contribution in [0.4, 0.5) is 20.2 Å². The first-order valence-electron chi connectivity index (χ1n) is 16.2. The molecule has 1 aromatic heterocycles. The van der Waals surface area contributed by atoms with Crippen LogP contribution < -0.4 is 0 Å². The molecule has 3 atom stereocenters. The molecule has 276 valence electrons. The van der Waals surface area contributed by atoms with E-state index in [0.29, 0.717) is 34.0 Å². The Hall–Kier alpha value is -5.67. The van der Waals surface area contributed by atoms with Crippen LogP contribution in [0.2, 0.25) is 0 Å². The number of nitrogens with zero attached hydrogens (tertiary/aromatic N) is 9. The highest BCUT2D eigenvalue weighted by Crippen LogP contribution is 2.35. The molecular weight excluding hydrogens is 707 g/mol. The molecule has 17 heteroatoms. The zero-order valence-corrected chi connectivity index (χ0v) is 29.7. The number of hydrogen-bond acceptors (Lipinski definition) is 9. The lowest BCUT2D eigenvalue weighted by Gasteiger charge is -2.10. The summed E-state index contributed by atoms with van der Waals surface area (Å²) in [7, 11) is -3.78. The lowest BCUT2D eigenvalue weighted by Crippen LogP contribution is -2.17. The van der Waals surface area contributed by atoms with Crippen LogP contribution in [-0.4, -0.2) is 41.2 Å². The van der Waals surface area contributed by atoms with Crippen LogP contribution in [0.1, 0.15) is 47.4 Å². The van der Waals surface area contributed by atoms with Crippen molar-refractivity contribution in [3.8, 4) is 5.69 Å². The van der Waals surface area contributed by atoms with Crippen molar-refractivity contribution in [1.29, 1.82) is 0 Å². The fourth-order valence-electron chi connectivity index (χ4n) is 4.92. The summed E-state index contributed by atoms with van der Waals surface area (Å²) in [6.07, 6.45) is 2.38. The maximum absolute atomic E-state index is 12.5. The second-order valence-electron chi connectivity index (χ2n) is 11.8. The third-order valence-corrected chi connectivity index (χ3v) is 9.25. The molecule has 0 amide bonds. The van der Waals surface area contributed by atoms with E-state index in [9.17, 15) is 22.3 Å². The van der Waals surface area contributed by atoms with Crippen LogP contribution in [0, 0.1) is 12.8 Å². The lowest BCUT2D eigenvalue weighted by atomic mass is 10.0. The van der Waals surface area contributed by atoms with Gasteiger partial charge in [-0.15, -0.1) is 5.10 Å². The molecule has 1 aliphatic heterocycles. The molecule has 2 heterocycles. The highest BCUT2D eigenvalue weighted by molar-refractivity contribution is 7.86. The third-order valence-electron chi connectivity index (χ3n) is 7.97. The number of hydrogen-bond donors (Lipinski definition) is 1. The van der Waals surface area contributed by atoms with Crippen molar-refractivity contribution in [2.24, 2.45) is 16.1 Å². The van der Waals surface area contributed by atoms with Crippen LogP contribution in [0.15, 0.2) is 118 Å². The molecule has 1 unspecified atom stereocenters. The number of benzene rings is 4. The van der Waals surface area contributed by atoms with Crippen molar-refractivity contribution in [3.05, 3.63) is 152 Å². The first kappa shape index (κ1) is 40.1. The second-order valence-corrected chi connectivity index (χ2v) is 13.4. The van der Waals surface area contributed by atoms with E-state index < -0.39 is 23.5 Å². The molecule has 0 spiro atoms. The van der Waals surface area contributed by atoms with Crippen molar-refractivity contribution in [2.75, 3.05) is 6.61 Å². The minimum Gasteiger partial charge on any atom is -0.394 e. The van der Waals surface area contributed by atoms with Gasteiger partial charge in [0, 0.05) is 21.2 Å². The maximum Gasteiger partial charge on any atom is 0.297 e. The number of azide groups is 2. The Labute approximate surface area is 305 Å². The number of rotatable bonds is 11. The standard InChI is InChI=1S/C15H18FN3O2.C14H13N3O3S.C7H6FN3/c1-10-6-14(21-15(10)9-20)13-8-19(18-17-13)12-4-2-11(7-16)3-5-12;1-11-2-8-14(9-3-11)21(18,19)20-10-12-4-6-13(7-5-12)16-17-15;8-5-6-1-3-7(4-2-6)10-11-9/h2-5,8,10,14-15,20H,6-7,9H2,1H3;2-9H,10H2,1H3;1-4H,5H2/t10?,14-,15-;;/m1../s1/i16-1;;8-1. The van der Waals surface area contributed by atoms with Crippen molar-refractivity contribution >= 4 is 21.5 Å². The predicted octanol–water partition coefficient (Wildman–Crippen LogP) is 9.14. The number of aromatic nitrogens is 3. The molecule has 0 radical (unpaired) electrons. The minimum absolute atomic E-state index is 0.0243. The number of aliphatic hydroxyl groups excluding tert-OH is 1. The molecule has 1 aliphatic rings. The number of alkyl halides is 2. The Kier molecular flexibility index (Phi) is 15.0. The van der Waals surface area contributed by atoms with E-state index >= 15 is 0 Å². The van der Waals surface area contributed by atoms with E-state index in [1.54, 1.807) is 77.5 Å². The number of aryl methyl sites for hydroxylation is 1. The summed E-state index contributed by atoms with van der Waals surface area (Å²) < 4.78 is 60.9. The second kappa shape index (κ2) is 19.8. The van der Waals surface area contributed by atoms with Crippen molar-refractivity contribution in [3.63, 3.8) is 0 Å². The van der Waals surface area contributed by atoms with Crippen molar-refractivity contribution < 1.29 is 31.2 Å². The van der Waals surface area contributed by atoms with Gasteiger partial charge in [0.25, 0.3) is 10.1 Å². The fourth-order valence-corrected chi connectivity index (χ4v) is 5.82. The summed E-state index contributed by atoms with van der Waals surface area (Å²) in [4.78, 5) is 5.38. The topological polar surface area (TPSA) is 201 Å². The zero-order chi connectivity index (χ0) is 38.2. The molecular formula is C36H37F2N9O5S. The van der Waals surface area contributed by atoms with Crippen molar-refractivity contribution in [2.45, 2.75) is 57.3 Å². The van der Waals surface area contributed by atoms with Gasteiger partial charge in [-0.1, -0.05) is 101 Å². The summed E-state index contributed by atoms with van der Waals surface area (Å²) in [5, 5.41) is 24.3. The highest BCUT2D eigenvalue weighted by atomic mass is 32.2. The molecule has 4 aromatic carbocycles. The molecule has 1 fully saturated rings. The Morgan fingerprint density at radius 3 is 1.89 bits per heavy atom. The number of aliphatic hydroxyl groups is 1. The Balaban J connectivity index is 0.000000187. The quantitative estimate of drug-likeness (QED) is 0.0601. The molecule has 0 bridgehead atoms. The van der Waals surface area contributed by atoms with Gasteiger partial charge in [-0.2, -0.15) is 8.42 Å². The number of halogens is 2. The molecule has 0 saturated carbocycles. The van der Waals surface area contributed by atoms with Crippen LogP contribution in [0.5, 0.6) is 0 Å². The number of ether oxygens (including phenoxy) is 1. The SMILES string of the molecule is CC1C[C@H](c2cn(-c3ccc(C[18F])cc3)nn2)O[C@@H]1CO.Cc1ccc(S(=O)(=O)OCc2ccc(N=[N+]=[N-])cc2)cc1.[N-]=[N+]=Nc1ccc(C[18F])cc1. The first-order valence-corrected chi connectivity index (χ1v) is 17.6. The largest absolute Gasteiger partial charge is 0.394 e. The van der Waals surface area contributed by atoms with Gasteiger partial charge in [-0.05, 0) is 71.3 Å². The van der Waals surface area contributed by atoms with E-state index in [4.69, 9.17) is 20.0 Å². The normalized spacial score (nSPS) is 16.2. The van der Waals surface area contributed by atoms with Crippen LogP contribution in [0.3, 0.4) is 0 Å². The summed E-state index contributed by atoms with van der Waals surface area (Å²) in [6.45, 7) is 2.92. The Bertz CT molecular complexity index is 2100. The molecule has 5 aromatic rings. The van der Waals surface area contributed by atoms with Gasteiger partial charge < -0.3 is 9.84 Å². The fraction of sp³-hybridized carbons (Fsp3) is 0.278. The smallest absolute Gasteiger partial charge is 0.297 e. The van der Waals surface area contributed by atoms with E-state index in [1.165, 1.54) is 12.1 Å². The summed E-state index contributed by atoms with van der Waals surface area (Å²) in [6, 6.07) is 26.3. The van der Waals surface area contributed by atoms with Crippen molar-refractivity contribution in [1.82, 2.24) is 15.0 Å². The van der Waals surface area contributed by atoms with Gasteiger partial charge in [-0.25, -0.2) is 13.5 Å². The van der Waals surface area contributed by atoms with Gasteiger partial charge in [-0.3, -0.25) is 4.18 Å². The van der Waals surface area contributed by atoms with Gasteiger partial charge in [0.1, 0.15) is 25.1 Å². The van der Waals surface area contributed by atoms with Crippen LogP contribution >= 0.6 is 0 Å². The summed E-state index contributed by atoms with van der Waals surface area (Å²) in [5.74, 6) is 0.300. The van der Waals surface area contributed by atoms with Gasteiger partial charge in [0.15, 0.2) is 0 Å².